The van der Waals surface area contributed by atoms with Crippen LogP contribution >= 0.6 is 29.3 Å². The molecule has 16 heavy (non-hydrogen) atoms. The fourth-order valence-corrected chi connectivity index (χ4v) is 7.40. The summed E-state index contributed by atoms with van der Waals surface area (Å²) in [6, 6.07) is 0. The molecule has 0 N–H and O–H groups in total. The summed E-state index contributed by atoms with van der Waals surface area (Å²) in [6.07, 6.45) is 7.70. The van der Waals surface area contributed by atoms with E-state index in [1.165, 1.54) is 50.0 Å². The van der Waals surface area contributed by atoms with Crippen LogP contribution in [0.4, 0.5) is 0 Å². The first-order chi connectivity index (χ1) is 7.85. The highest BCUT2D eigenvalue weighted by molar-refractivity contribution is 8.86. The quantitative estimate of drug-likeness (QED) is 0.316. The average molecular weight is 282 g/mol. The van der Waals surface area contributed by atoms with Gasteiger partial charge in [-0.15, -0.1) is 0 Å². The SMILES string of the molecule is CCCCOP(SCCCC)SCCCC. The van der Waals surface area contributed by atoms with Crippen molar-refractivity contribution in [2.45, 2.75) is 59.3 Å². The van der Waals surface area contributed by atoms with Crippen molar-refractivity contribution in [3.8, 4) is 0 Å². The fraction of sp³-hybridized carbons (Fsp3) is 1.00. The van der Waals surface area contributed by atoms with Crippen LogP contribution in [0.25, 0.3) is 0 Å². The van der Waals surface area contributed by atoms with Crippen LogP contribution < -0.4 is 0 Å². The van der Waals surface area contributed by atoms with Gasteiger partial charge < -0.3 is 4.52 Å². The van der Waals surface area contributed by atoms with Gasteiger partial charge in [-0.1, -0.05) is 62.8 Å². The molecule has 0 fully saturated rings. The summed E-state index contributed by atoms with van der Waals surface area (Å²) in [7, 11) is 0. The van der Waals surface area contributed by atoms with Crippen LogP contribution in [-0.4, -0.2) is 18.1 Å². The lowest BCUT2D eigenvalue weighted by molar-refractivity contribution is 0.356. The molecule has 0 atom stereocenters. The van der Waals surface area contributed by atoms with E-state index >= 15 is 0 Å². The highest BCUT2D eigenvalue weighted by Crippen LogP contribution is 2.62. The van der Waals surface area contributed by atoms with E-state index in [9.17, 15) is 0 Å². The average Bonchev–Trinajstić information content (AvgIpc) is 2.29. The molecule has 1 nitrogen and oxygen atoms in total. The molecule has 0 aliphatic rings. The summed E-state index contributed by atoms with van der Waals surface area (Å²) in [5, 5.41) is 0. The van der Waals surface area contributed by atoms with Gasteiger partial charge >= 0.3 is 0 Å². The minimum absolute atomic E-state index is 0.262. The number of rotatable bonds is 12. The molecule has 0 aromatic rings. The van der Waals surface area contributed by atoms with Crippen LogP contribution in [-0.2, 0) is 4.52 Å². The van der Waals surface area contributed by atoms with Crippen molar-refractivity contribution >= 4 is 29.3 Å². The molecule has 0 saturated carbocycles. The summed E-state index contributed by atoms with van der Waals surface area (Å²) in [4.78, 5) is 0. The Morgan fingerprint density at radius 1 is 0.812 bits per heavy atom. The summed E-state index contributed by atoms with van der Waals surface area (Å²) in [5.41, 5.74) is 0. The Hall–Kier alpha value is 1.09. The van der Waals surface area contributed by atoms with E-state index in [1.54, 1.807) is 0 Å². The first-order valence-electron chi connectivity index (χ1n) is 6.54. The second kappa shape index (κ2) is 14.2. The number of hydrogen-bond donors (Lipinski definition) is 0. The van der Waals surface area contributed by atoms with Crippen LogP contribution in [0.2, 0.25) is 0 Å². The zero-order valence-corrected chi connectivity index (χ0v) is 13.6. The molecule has 0 aliphatic carbocycles. The molecule has 0 unspecified atom stereocenters. The second-order valence-electron chi connectivity index (χ2n) is 3.78. The van der Waals surface area contributed by atoms with Gasteiger partial charge in [0.15, 0.2) is 6.55 Å². The lowest BCUT2D eigenvalue weighted by Gasteiger charge is -2.15. The lowest BCUT2D eigenvalue weighted by atomic mass is 10.4. The molecule has 0 aliphatic heterocycles. The van der Waals surface area contributed by atoms with Crippen molar-refractivity contribution in [1.82, 2.24) is 0 Å². The van der Waals surface area contributed by atoms with Crippen LogP contribution in [0.5, 0.6) is 0 Å². The topological polar surface area (TPSA) is 9.23 Å². The van der Waals surface area contributed by atoms with E-state index in [2.05, 4.69) is 43.5 Å². The smallest absolute Gasteiger partial charge is 0.151 e. The molecule has 0 bridgehead atoms. The van der Waals surface area contributed by atoms with Gasteiger partial charge in [-0.05, 0) is 19.3 Å². The molecule has 98 valence electrons. The van der Waals surface area contributed by atoms with Crippen molar-refractivity contribution < 1.29 is 4.52 Å². The molecule has 0 saturated heterocycles. The Labute approximate surface area is 111 Å². The Balaban J connectivity index is 3.58. The summed E-state index contributed by atoms with van der Waals surface area (Å²) < 4.78 is 5.97. The van der Waals surface area contributed by atoms with E-state index < -0.39 is 0 Å². The minimum Gasteiger partial charge on any atom is -0.339 e. The van der Waals surface area contributed by atoms with Gasteiger partial charge in [-0.25, -0.2) is 0 Å². The van der Waals surface area contributed by atoms with Crippen molar-refractivity contribution in [2.75, 3.05) is 18.1 Å². The Morgan fingerprint density at radius 2 is 1.31 bits per heavy atom. The van der Waals surface area contributed by atoms with Crippen LogP contribution in [0.1, 0.15) is 59.3 Å². The van der Waals surface area contributed by atoms with E-state index in [-0.39, 0.29) is 6.55 Å². The van der Waals surface area contributed by atoms with Gasteiger partial charge in [0, 0.05) is 11.5 Å². The van der Waals surface area contributed by atoms with Gasteiger partial charge in [0.2, 0.25) is 0 Å². The van der Waals surface area contributed by atoms with Crippen molar-refractivity contribution in [2.24, 2.45) is 0 Å². The third kappa shape index (κ3) is 11.6. The highest BCUT2D eigenvalue weighted by Gasteiger charge is 2.09. The minimum atomic E-state index is -0.262. The van der Waals surface area contributed by atoms with Gasteiger partial charge in [0.25, 0.3) is 0 Å². The molecule has 0 aromatic carbocycles. The molecule has 0 radical (unpaired) electrons. The molecule has 0 heterocycles. The third-order valence-electron chi connectivity index (χ3n) is 2.08. The van der Waals surface area contributed by atoms with E-state index in [4.69, 9.17) is 4.52 Å². The highest BCUT2D eigenvalue weighted by atomic mass is 33.1. The summed E-state index contributed by atoms with van der Waals surface area (Å²) in [6.45, 7) is 7.43. The van der Waals surface area contributed by atoms with E-state index in [1.807, 2.05) is 0 Å². The fourth-order valence-electron chi connectivity index (χ4n) is 0.962. The van der Waals surface area contributed by atoms with Crippen molar-refractivity contribution in [3.05, 3.63) is 0 Å². The zero-order chi connectivity index (χ0) is 12.1. The first-order valence-corrected chi connectivity index (χ1v) is 11.0. The molecule has 0 amide bonds. The maximum atomic E-state index is 5.97. The van der Waals surface area contributed by atoms with E-state index in [0.29, 0.717) is 0 Å². The third-order valence-corrected chi connectivity index (χ3v) is 8.73. The molecule has 0 aromatic heterocycles. The molecule has 0 rings (SSSR count). The predicted molar refractivity (Wildman–Crippen MR) is 82.5 cm³/mol. The standard InChI is InChI=1S/C12H27OPS2/c1-4-7-10-13-14(15-11-8-5-2)16-12-9-6-3/h4-12H2,1-3H3. The van der Waals surface area contributed by atoms with Crippen LogP contribution in [0, 0.1) is 0 Å². The summed E-state index contributed by atoms with van der Waals surface area (Å²) in [5.74, 6) is 2.54. The van der Waals surface area contributed by atoms with Crippen molar-refractivity contribution in [1.29, 1.82) is 0 Å². The second-order valence-corrected chi connectivity index (χ2v) is 10.1. The number of unbranched alkanes of at least 4 members (excludes halogenated alkanes) is 3. The van der Waals surface area contributed by atoms with Gasteiger partial charge in [0.05, 0.1) is 6.61 Å². The van der Waals surface area contributed by atoms with Crippen LogP contribution in [0.3, 0.4) is 0 Å². The van der Waals surface area contributed by atoms with Crippen molar-refractivity contribution in [3.63, 3.8) is 0 Å². The lowest BCUT2D eigenvalue weighted by Crippen LogP contribution is -1.87. The maximum absolute atomic E-state index is 5.97. The van der Waals surface area contributed by atoms with Gasteiger partial charge in [-0.2, -0.15) is 0 Å². The largest absolute Gasteiger partial charge is 0.339 e. The monoisotopic (exact) mass is 282 g/mol. The molecular weight excluding hydrogens is 255 g/mol. The Kier molecular flexibility index (Phi) is 15.1. The van der Waals surface area contributed by atoms with E-state index in [0.717, 1.165) is 6.61 Å². The maximum Gasteiger partial charge on any atom is 0.151 e. The molecule has 4 heteroatoms. The number of hydrogen-bond acceptors (Lipinski definition) is 3. The zero-order valence-electron chi connectivity index (χ0n) is 11.0. The Bertz CT molecular complexity index is 112. The molecule has 0 spiro atoms. The first kappa shape index (κ1) is 17.1. The van der Waals surface area contributed by atoms with Gasteiger partial charge in [0.1, 0.15) is 0 Å². The van der Waals surface area contributed by atoms with Crippen LogP contribution in [0.15, 0.2) is 0 Å². The van der Waals surface area contributed by atoms with Gasteiger partial charge in [-0.3, -0.25) is 0 Å². The molecular formula is C12H27OPS2. The normalized spacial score (nSPS) is 11.2. The Morgan fingerprint density at radius 3 is 1.75 bits per heavy atom. The predicted octanol–water partition coefficient (Wildman–Crippen LogP) is 6.10. The summed E-state index contributed by atoms with van der Waals surface area (Å²) >= 11 is 4.11.